The molecule has 8 heteroatoms. The minimum atomic E-state index is -0.414. The Bertz CT molecular complexity index is 674. The molecule has 1 saturated heterocycles. The van der Waals surface area contributed by atoms with Crippen LogP contribution >= 0.6 is 0 Å². The molecule has 1 fully saturated rings. The van der Waals surface area contributed by atoms with Gasteiger partial charge in [-0.25, -0.2) is 0 Å². The lowest BCUT2D eigenvalue weighted by atomic mass is 10.1. The van der Waals surface area contributed by atoms with Crippen LogP contribution in [0.3, 0.4) is 0 Å². The van der Waals surface area contributed by atoms with Gasteiger partial charge in [0.05, 0.1) is 12.7 Å². The molecule has 1 unspecified atom stereocenters. The standard InChI is InChI=1S/C19H28N4O4/c1-14(19(25)15-3-4-16-17(11-15)27-13-26-16)20-12-21-18(24)5-6-23-9-7-22(2)8-10-23/h3-4,11,14,20H,5-10,12-13H2,1-2H3,(H,21,24). The highest BCUT2D eigenvalue weighted by molar-refractivity contribution is 6.00. The summed E-state index contributed by atoms with van der Waals surface area (Å²) in [7, 11) is 2.11. The summed E-state index contributed by atoms with van der Waals surface area (Å²) in [5.41, 5.74) is 0.556. The van der Waals surface area contributed by atoms with Gasteiger partial charge in [-0.3, -0.25) is 14.9 Å². The fourth-order valence-corrected chi connectivity index (χ4v) is 3.11. The highest BCUT2D eigenvalue weighted by Crippen LogP contribution is 2.32. The second-order valence-corrected chi connectivity index (χ2v) is 7.03. The zero-order valence-corrected chi connectivity index (χ0v) is 16.0. The predicted molar refractivity (Wildman–Crippen MR) is 101 cm³/mol. The van der Waals surface area contributed by atoms with Crippen molar-refractivity contribution < 1.29 is 19.1 Å². The summed E-state index contributed by atoms with van der Waals surface area (Å²) < 4.78 is 10.6. The van der Waals surface area contributed by atoms with Gasteiger partial charge in [0.15, 0.2) is 17.3 Å². The number of ether oxygens (including phenoxy) is 2. The van der Waals surface area contributed by atoms with Crippen LogP contribution in [0, 0.1) is 0 Å². The number of ketones is 1. The van der Waals surface area contributed by atoms with E-state index in [1.54, 1.807) is 25.1 Å². The van der Waals surface area contributed by atoms with Crippen molar-refractivity contribution in [3.63, 3.8) is 0 Å². The summed E-state index contributed by atoms with van der Waals surface area (Å²) >= 11 is 0. The van der Waals surface area contributed by atoms with Crippen LogP contribution in [0.25, 0.3) is 0 Å². The number of nitrogens with one attached hydrogen (secondary N) is 2. The third kappa shape index (κ3) is 5.41. The highest BCUT2D eigenvalue weighted by atomic mass is 16.7. The third-order valence-electron chi connectivity index (χ3n) is 5.00. The Morgan fingerprint density at radius 1 is 1.15 bits per heavy atom. The van der Waals surface area contributed by atoms with E-state index in [4.69, 9.17) is 9.47 Å². The van der Waals surface area contributed by atoms with Gasteiger partial charge in [0, 0.05) is 44.7 Å². The SMILES string of the molecule is CC(NCNC(=O)CCN1CCN(C)CC1)C(=O)c1ccc2c(c1)OCO2. The van der Waals surface area contributed by atoms with Crippen molar-refractivity contribution in [3.05, 3.63) is 23.8 Å². The average molecular weight is 376 g/mol. The number of piperazine rings is 1. The van der Waals surface area contributed by atoms with E-state index in [1.807, 2.05) is 0 Å². The molecular weight excluding hydrogens is 348 g/mol. The first-order chi connectivity index (χ1) is 13.0. The van der Waals surface area contributed by atoms with Gasteiger partial charge in [0.2, 0.25) is 12.7 Å². The summed E-state index contributed by atoms with van der Waals surface area (Å²) in [6, 6.07) is 4.74. The molecule has 27 heavy (non-hydrogen) atoms. The number of carbonyl (C=O) groups is 2. The van der Waals surface area contributed by atoms with Crippen LogP contribution in [-0.2, 0) is 4.79 Å². The van der Waals surface area contributed by atoms with Crippen molar-refractivity contribution in [2.24, 2.45) is 0 Å². The lowest BCUT2D eigenvalue weighted by Crippen LogP contribution is -2.46. The van der Waals surface area contributed by atoms with Crippen LogP contribution < -0.4 is 20.1 Å². The molecule has 1 atom stereocenters. The normalized spacial score (nSPS) is 18.3. The second-order valence-electron chi connectivity index (χ2n) is 7.03. The zero-order valence-electron chi connectivity index (χ0n) is 16.0. The van der Waals surface area contributed by atoms with Crippen molar-refractivity contribution in [2.45, 2.75) is 19.4 Å². The average Bonchev–Trinajstić information content (AvgIpc) is 3.14. The minimum absolute atomic E-state index is 0.0100. The maximum absolute atomic E-state index is 12.5. The number of hydrogen-bond donors (Lipinski definition) is 2. The molecule has 2 N–H and O–H groups in total. The van der Waals surface area contributed by atoms with E-state index in [0.29, 0.717) is 23.5 Å². The molecule has 3 rings (SSSR count). The minimum Gasteiger partial charge on any atom is -0.454 e. The van der Waals surface area contributed by atoms with E-state index in [0.717, 1.165) is 32.7 Å². The largest absolute Gasteiger partial charge is 0.454 e. The van der Waals surface area contributed by atoms with Gasteiger partial charge < -0.3 is 24.6 Å². The number of nitrogens with zero attached hydrogens (tertiary/aromatic N) is 2. The summed E-state index contributed by atoms with van der Waals surface area (Å²) in [5, 5.41) is 5.88. The van der Waals surface area contributed by atoms with E-state index in [-0.39, 0.29) is 25.2 Å². The predicted octanol–water partition coefficient (Wildman–Crippen LogP) is 0.287. The monoisotopic (exact) mass is 376 g/mol. The van der Waals surface area contributed by atoms with Crippen LogP contribution in [-0.4, -0.2) is 80.8 Å². The molecule has 0 radical (unpaired) electrons. The number of rotatable bonds is 8. The van der Waals surface area contributed by atoms with E-state index in [1.165, 1.54) is 0 Å². The maximum atomic E-state index is 12.5. The Morgan fingerprint density at radius 3 is 2.67 bits per heavy atom. The van der Waals surface area contributed by atoms with E-state index in [9.17, 15) is 9.59 Å². The Kier molecular flexibility index (Phi) is 6.65. The number of likely N-dealkylation sites (N-methyl/N-ethyl adjacent to an activating group) is 1. The van der Waals surface area contributed by atoms with Crippen molar-refractivity contribution >= 4 is 11.7 Å². The molecule has 2 heterocycles. The number of benzene rings is 1. The lowest BCUT2D eigenvalue weighted by molar-refractivity contribution is -0.121. The summed E-state index contributed by atoms with van der Waals surface area (Å²) in [5.74, 6) is 1.18. The van der Waals surface area contributed by atoms with Gasteiger partial charge >= 0.3 is 0 Å². The molecule has 1 aromatic rings. The van der Waals surface area contributed by atoms with Gasteiger partial charge in [-0.1, -0.05) is 0 Å². The van der Waals surface area contributed by atoms with Crippen LogP contribution in [0.1, 0.15) is 23.7 Å². The summed E-state index contributed by atoms with van der Waals surface area (Å²) in [6.07, 6.45) is 0.468. The summed E-state index contributed by atoms with van der Waals surface area (Å²) in [4.78, 5) is 29.1. The molecule has 8 nitrogen and oxygen atoms in total. The fraction of sp³-hybridized carbons (Fsp3) is 0.579. The smallest absolute Gasteiger partial charge is 0.231 e. The van der Waals surface area contributed by atoms with Gasteiger partial charge in [-0.15, -0.1) is 0 Å². The molecule has 0 aliphatic carbocycles. The van der Waals surface area contributed by atoms with E-state index < -0.39 is 6.04 Å². The zero-order chi connectivity index (χ0) is 19.2. The van der Waals surface area contributed by atoms with Gasteiger partial charge in [0.25, 0.3) is 0 Å². The molecule has 0 saturated carbocycles. The Labute approximate surface area is 159 Å². The fourth-order valence-electron chi connectivity index (χ4n) is 3.11. The summed E-state index contributed by atoms with van der Waals surface area (Å²) in [6.45, 7) is 7.09. The second kappa shape index (κ2) is 9.16. The number of hydrogen-bond acceptors (Lipinski definition) is 7. The molecule has 2 aliphatic rings. The maximum Gasteiger partial charge on any atom is 0.231 e. The van der Waals surface area contributed by atoms with E-state index >= 15 is 0 Å². The quantitative estimate of drug-likeness (QED) is 0.498. The van der Waals surface area contributed by atoms with E-state index in [2.05, 4.69) is 27.5 Å². The molecule has 0 aromatic heterocycles. The first-order valence-electron chi connectivity index (χ1n) is 9.38. The molecular formula is C19H28N4O4. The molecule has 2 aliphatic heterocycles. The van der Waals surface area contributed by atoms with Crippen LogP contribution in [0.4, 0.5) is 0 Å². The Balaban J connectivity index is 1.35. The molecule has 148 valence electrons. The highest BCUT2D eigenvalue weighted by Gasteiger charge is 2.20. The van der Waals surface area contributed by atoms with Crippen molar-refractivity contribution in [1.29, 1.82) is 0 Å². The lowest BCUT2D eigenvalue weighted by Gasteiger charge is -2.32. The first kappa shape index (κ1) is 19.6. The van der Waals surface area contributed by atoms with Crippen LogP contribution in [0.15, 0.2) is 18.2 Å². The van der Waals surface area contributed by atoms with Crippen LogP contribution in [0.5, 0.6) is 11.5 Å². The molecule has 0 spiro atoms. The molecule has 1 aromatic carbocycles. The Hall–Kier alpha value is -2.16. The number of amides is 1. The molecule has 0 bridgehead atoms. The van der Waals surface area contributed by atoms with Gasteiger partial charge in [0.1, 0.15) is 0 Å². The first-order valence-corrected chi connectivity index (χ1v) is 9.38. The topological polar surface area (TPSA) is 83.1 Å². The van der Waals surface area contributed by atoms with Crippen molar-refractivity contribution in [3.8, 4) is 11.5 Å². The third-order valence-corrected chi connectivity index (χ3v) is 5.00. The van der Waals surface area contributed by atoms with Gasteiger partial charge in [-0.05, 0) is 32.2 Å². The van der Waals surface area contributed by atoms with Crippen molar-refractivity contribution in [2.75, 3.05) is 53.2 Å². The van der Waals surface area contributed by atoms with Crippen molar-refractivity contribution in [1.82, 2.24) is 20.4 Å². The number of fused-ring (bicyclic) bond motifs is 1. The van der Waals surface area contributed by atoms with Crippen LogP contribution in [0.2, 0.25) is 0 Å². The number of Topliss-reactive ketones (excluding diaryl/α,β-unsaturated/α-hetero) is 1. The molecule has 1 amide bonds. The number of carbonyl (C=O) groups excluding carboxylic acids is 2. The Morgan fingerprint density at radius 2 is 1.89 bits per heavy atom. The van der Waals surface area contributed by atoms with Gasteiger partial charge in [-0.2, -0.15) is 0 Å².